The summed E-state index contributed by atoms with van der Waals surface area (Å²) in [4.78, 5) is 1.03. The Balaban J connectivity index is 1.76. The molecule has 0 unspecified atom stereocenters. The quantitative estimate of drug-likeness (QED) is 0.341. The highest BCUT2D eigenvalue weighted by molar-refractivity contribution is 7.14. The fourth-order valence-electron chi connectivity index (χ4n) is 3.65. The second-order valence-corrected chi connectivity index (χ2v) is 10.2. The number of ether oxygens (including phenoxy) is 3. The van der Waals surface area contributed by atoms with E-state index < -0.39 is 0 Å². The van der Waals surface area contributed by atoms with E-state index >= 15 is 0 Å². The van der Waals surface area contributed by atoms with Gasteiger partial charge in [-0.2, -0.15) is 9.61 Å². The Labute approximate surface area is 237 Å². The van der Waals surface area contributed by atoms with Crippen molar-refractivity contribution in [3.63, 3.8) is 0 Å². The number of fused-ring (bicyclic) bond motifs is 1. The third kappa shape index (κ3) is 6.38. The third-order valence-corrected chi connectivity index (χ3v) is 6.29. The average molecular weight is 545 g/mol. The molecule has 0 saturated carbocycles. The van der Waals surface area contributed by atoms with Gasteiger partial charge in [0.25, 0.3) is 0 Å². The molecule has 3 heterocycles. The Bertz CT molecular complexity index is 1910. The lowest BCUT2D eigenvalue weighted by Gasteiger charge is -2.15. The summed E-state index contributed by atoms with van der Waals surface area (Å²) < 4.78 is 18.6. The van der Waals surface area contributed by atoms with Crippen LogP contribution >= 0.6 is 11.3 Å². The summed E-state index contributed by atoms with van der Waals surface area (Å²) in [6, 6.07) is 9.30. The summed E-state index contributed by atoms with van der Waals surface area (Å²) in [7, 11) is 1.66. The maximum absolute atomic E-state index is 5.90. The van der Waals surface area contributed by atoms with E-state index in [0.29, 0.717) is 35.1 Å². The Morgan fingerprint density at radius 2 is 1.75 bits per heavy atom. The molecular formula is C32H24N4O3S. The van der Waals surface area contributed by atoms with Gasteiger partial charge in [-0.05, 0) is 67.0 Å². The Morgan fingerprint density at radius 3 is 2.42 bits per heavy atom. The van der Waals surface area contributed by atoms with Gasteiger partial charge in [0.1, 0.15) is 17.6 Å². The predicted molar refractivity (Wildman–Crippen MR) is 156 cm³/mol. The van der Waals surface area contributed by atoms with E-state index in [2.05, 4.69) is 90.5 Å². The van der Waals surface area contributed by atoms with Crippen molar-refractivity contribution in [2.45, 2.75) is 33.1 Å². The summed E-state index contributed by atoms with van der Waals surface area (Å²) >= 11 is 1.55. The molecule has 3 aromatic heterocycles. The normalized spacial score (nSPS) is 10.6. The largest absolute Gasteiger partial charge is 0.493 e. The molecule has 0 N–H and O–H groups in total. The molecule has 0 aliphatic heterocycles. The Morgan fingerprint density at radius 1 is 1.00 bits per heavy atom. The van der Waals surface area contributed by atoms with Crippen LogP contribution in [-0.4, -0.2) is 33.5 Å². The molecule has 0 amide bonds. The summed E-state index contributed by atoms with van der Waals surface area (Å²) in [6.07, 6.45) is 9.65. The number of terminal acetylenes is 1. The number of rotatable bonds is 6. The van der Waals surface area contributed by atoms with E-state index in [1.807, 2.05) is 19.1 Å². The maximum Gasteiger partial charge on any atom is 0.189 e. The number of hydrogen-bond acceptors (Lipinski definition) is 7. The summed E-state index contributed by atoms with van der Waals surface area (Å²) in [6.45, 7) is 8.74. The molecule has 0 saturated heterocycles. The van der Waals surface area contributed by atoms with Crippen molar-refractivity contribution in [1.29, 1.82) is 0 Å². The van der Waals surface area contributed by atoms with Gasteiger partial charge in [0, 0.05) is 39.2 Å². The fraction of sp³-hybridized carbons (Fsp3) is 0.219. The SMILES string of the molecule is C#CC#CC#CC#CC#COc1ccc(OCC)c(-c2nnc3/c(=C\c4ccc(OC)s4)c(C(C)(C)C)nn23)c1. The molecule has 0 spiro atoms. The molecule has 0 bridgehead atoms. The summed E-state index contributed by atoms with van der Waals surface area (Å²) in [5, 5.41) is 15.7. The summed E-state index contributed by atoms with van der Waals surface area (Å²) in [5.74, 6) is 21.4. The molecule has 0 radical (unpaired) electrons. The van der Waals surface area contributed by atoms with E-state index in [9.17, 15) is 0 Å². The van der Waals surface area contributed by atoms with Crippen molar-refractivity contribution in [1.82, 2.24) is 19.8 Å². The van der Waals surface area contributed by atoms with Gasteiger partial charge in [-0.1, -0.05) is 32.1 Å². The second kappa shape index (κ2) is 12.5. The van der Waals surface area contributed by atoms with Crippen molar-refractivity contribution in [2.75, 3.05) is 13.7 Å². The number of aromatic nitrogens is 4. The van der Waals surface area contributed by atoms with Crippen LogP contribution in [0.25, 0.3) is 23.1 Å². The van der Waals surface area contributed by atoms with Gasteiger partial charge in [-0.25, -0.2) is 0 Å². The van der Waals surface area contributed by atoms with Crippen molar-refractivity contribution in [3.05, 3.63) is 46.1 Å². The lowest BCUT2D eigenvalue weighted by atomic mass is 9.91. The van der Waals surface area contributed by atoms with Crippen LogP contribution in [0.4, 0.5) is 0 Å². The van der Waals surface area contributed by atoms with E-state index in [0.717, 1.165) is 20.9 Å². The van der Waals surface area contributed by atoms with Crippen LogP contribution in [0, 0.1) is 59.9 Å². The average Bonchev–Trinajstić information content (AvgIpc) is 3.65. The van der Waals surface area contributed by atoms with Crippen molar-refractivity contribution in [2.24, 2.45) is 0 Å². The van der Waals surface area contributed by atoms with Gasteiger partial charge in [0.15, 0.2) is 16.5 Å². The first-order valence-electron chi connectivity index (χ1n) is 12.2. The predicted octanol–water partition coefficient (Wildman–Crippen LogP) is 4.09. The molecule has 0 aliphatic rings. The van der Waals surface area contributed by atoms with Crippen LogP contribution < -0.4 is 19.4 Å². The van der Waals surface area contributed by atoms with E-state index in [-0.39, 0.29) is 5.41 Å². The maximum atomic E-state index is 5.90. The minimum atomic E-state index is -0.242. The second-order valence-electron chi connectivity index (χ2n) is 9.09. The summed E-state index contributed by atoms with van der Waals surface area (Å²) in [5.41, 5.74) is 1.96. The van der Waals surface area contributed by atoms with Crippen LogP contribution in [0.15, 0.2) is 30.3 Å². The van der Waals surface area contributed by atoms with Crippen molar-refractivity contribution >= 4 is 23.1 Å². The topological polar surface area (TPSA) is 70.8 Å². The molecule has 7 nitrogen and oxygen atoms in total. The molecule has 0 fully saturated rings. The van der Waals surface area contributed by atoms with Crippen LogP contribution in [0.5, 0.6) is 16.6 Å². The number of hydrogen-bond donors (Lipinski definition) is 0. The molecular weight excluding hydrogens is 520 g/mol. The minimum Gasteiger partial charge on any atom is -0.493 e. The first-order chi connectivity index (χ1) is 19.4. The zero-order valence-corrected chi connectivity index (χ0v) is 23.5. The van der Waals surface area contributed by atoms with E-state index in [1.54, 1.807) is 41.2 Å². The van der Waals surface area contributed by atoms with Gasteiger partial charge < -0.3 is 14.2 Å². The zero-order valence-electron chi connectivity index (χ0n) is 22.7. The highest BCUT2D eigenvalue weighted by atomic mass is 32.1. The fourth-order valence-corrected chi connectivity index (χ4v) is 4.42. The zero-order chi connectivity index (χ0) is 28.5. The lowest BCUT2D eigenvalue weighted by molar-refractivity contribution is 0.341. The number of nitrogens with zero attached hydrogens (tertiary/aromatic N) is 4. The first-order valence-corrected chi connectivity index (χ1v) is 13.0. The minimum absolute atomic E-state index is 0.242. The van der Waals surface area contributed by atoms with Gasteiger partial charge in [-0.3, -0.25) is 0 Å². The van der Waals surface area contributed by atoms with Crippen molar-refractivity contribution in [3.8, 4) is 87.8 Å². The molecule has 4 aromatic rings. The molecule has 0 aliphatic carbocycles. The molecule has 4 rings (SSSR count). The van der Waals surface area contributed by atoms with Gasteiger partial charge in [-0.15, -0.1) is 16.6 Å². The molecule has 40 heavy (non-hydrogen) atoms. The Kier molecular flexibility index (Phi) is 8.64. The molecule has 196 valence electrons. The standard InChI is InChI=1S/C32H24N4O3S/c1-7-9-10-11-12-13-14-15-20-39-23-16-18-27(38-8-2)25(21-23)30-33-34-31-26(22-24-17-19-28(37-6)40-24)29(32(3,4)5)35-36(30)31/h1,16-19,21-22H,8H2,2-6H3/b26-22-. The molecule has 8 heteroatoms. The smallest absolute Gasteiger partial charge is 0.189 e. The number of benzene rings is 1. The number of thiophene rings is 1. The number of methoxy groups -OCH3 is 1. The molecule has 1 aromatic carbocycles. The van der Waals surface area contributed by atoms with Crippen LogP contribution in [0.2, 0.25) is 0 Å². The van der Waals surface area contributed by atoms with Crippen molar-refractivity contribution < 1.29 is 14.2 Å². The van der Waals surface area contributed by atoms with Crippen LogP contribution in [0.3, 0.4) is 0 Å². The van der Waals surface area contributed by atoms with Crippen LogP contribution in [-0.2, 0) is 5.41 Å². The third-order valence-electron chi connectivity index (χ3n) is 5.30. The highest BCUT2D eigenvalue weighted by Crippen LogP contribution is 2.33. The Hall–Kier alpha value is -5.33. The van der Waals surface area contributed by atoms with Gasteiger partial charge >= 0.3 is 0 Å². The molecule has 0 atom stereocenters. The highest BCUT2D eigenvalue weighted by Gasteiger charge is 2.25. The van der Waals surface area contributed by atoms with Gasteiger partial charge in [0.2, 0.25) is 0 Å². The van der Waals surface area contributed by atoms with E-state index in [1.165, 1.54) is 0 Å². The monoisotopic (exact) mass is 544 g/mol. The van der Waals surface area contributed by atoms with E-state index in [4.69, 9.17) is 25.7 Å². The van der Waals surface area contributed by atoms with Gasteiger partial charge in [0.05, 0.1) is 25.0 Å². The van der Waals surface area contributed by atoms with Crippen LogP contribution in [0.1, 0.15) is 38.3 Å². The first kappa shape index (κ1) is 27.7. The lowest BCUT2D eigenvalue weighted by Crippen LogP contribution is -2.22.